The summed E-state index contributed by atoms with van der Waals surface area (Å²) in [5.74, 6) is 6.18. The Morgan fingerprint density at radius 2 is 2.24 bits per heavy atom. The third kappa shape index (κ3) is 1.65. The van der Waals surface area contributed by atoms with Gasteiger partial charge in [-0.05, 0) is 6.42 Å². The fourth-order valence-electron chi connectivity index (χ4n) is 1.96. The zero-order chi connectivity index (χ0) is 12.0. The highest BCUT2D eigenvalue weighted by Crippen LogP contribution is 2.28. The summed E-state index contributed by atoms with van der Waals surface area (Å²) in [4.78, 5) is 12.6. The number of allylic oxidation sites excluding steroid dienone is 1. The molecule has 0 amide bonds. The molecule has 1 aliphatic carbocycles. The van der Waals surface area contributed by atoms with E-state index >= 15 is 0 Å². The second kappa shape index (κ2) is 3.68. The highest BCUT2D eigenvalue weighted by Gasteiger charge is 2.22. The molecule has 88 valence electrons. The number of hydrogen-bond donors (Lipinski definition) is 2. The molecule has 17 heavy (non-hydrogen) atoms. The number of nitrogens with zero attached hydrogens (tertiary/aromatic N) is 4. The number of halogens is 1. The van der Waals surface area contributed by atoms with Crippen molar-refractivity contribution in [3.63, 3.8) is 0 Å². The number of aromatic nitrogens is 4. The van der Waals surface area contributed by atoms with Gasteiger partial charge >= 0.3 is 0 Å². The van der Waals surface area contributed by atoms with Crippen LogP contribution < -0.4 is 5.84 Å². The molecule has 2 atom stereocenters. The molecule has 0 radical (unpaired) electrons. The van der Waals surface area contributed by atoms with Gasteiger partial charge in [-0.15, -0.1) is 0 Å². The Kier molecular flexibility index (Phi) is 2.27. The van der Waals surface area contributed by atoms with Gasteiger partial charge in [0.25, 0.3) is 0 Å². The lowest BCUT2D eigenvalue weighted by Crippen LogP contribution is -2.09. The van der Waals surface area contributed by atoms with Crippen molar-refractivity contribution in [3.8, 4) is 0 Å². The number of rotatable bonds is 1. The standard InChI is InChI=1S/C10H10ClN5O/c11-8-7-10(13-4-16(7)12)15-9(14-8)5-1-2-6(17)3-5/h1-2,4-6,17H,3,12H2/t5-,6+/m0/s1. The number of aliphatic hydroxyl groups excluding tert-OH is 1. The van der Waals surface area contributed by atoms with Crippen LogP contribution in [0.25, 0.3) is 11.2 Å². The molecule has 2 aromatic rings. The van der Waals surface area contributed by atoms with Gasteiger partial charge in [-0.2, -0.15) is 0 Å². The van der Waals surface area contributed by atoms with E-state index in [0.29, 0.717) is 23.4 Å². The highest BCUT2D eigenvalue weighted by molar-refractivity contribution is 6.33. The van der Waals surface area contributed by atoms with Gasteiger partial charge in [0, 0.05) is 5.92 Å². The molecule has 0 bridgehead atoms. The van der Waals surface area contributed by atoms with Crippen molar-refractivity contribution >= 4 is 22.8 Å². The summed E-state index contributed by atoms with van der Waals surface area (Å²) in [5.41, 5.74) is 0.982. The lowest BCUT2D eigenvalue weighted by molar-refractivity contribution is 0.217. The van der Waals surface area contributed by atoms with Gasteiger partial charge in [-0.3, -0.25) is 0 Å². The Bertz CT molecular complexity index is 608. The predicted molar refractivity (Wildman–Crippen MR) is 63.0 cm³/mol. The number of imidazole rings is 1. The van der Waals surface area contributed by atoms with Crippen LogP contribution in [0.3, 0.4) is 0 Å². The van der Waals surface area contributed by atoms with Gasteiger partial charge in [0.05, 0.1) is 6.10 Å². The summed E-state index contributed by atoms with van der Waals surface area (Å²) < 4.78 is 1.29. The number of hydrogen-bond acceptors (Lipinski definition) is 5. The van der Waals surface area contributed by atoms with E-state index in [4.69, 9.17) is 17.4 Å². The van der Waals surface area contributed by atoms with Crippen molar-refractivity contribution in [1.29, 1.82) is 0 Å². The molecule has 0 spiro atoms. The van der Waals surface area contributed by atoms with Crippen LogP contribution in [0.5, 0.6) is 0 Å². The molecule has 0 unspecified atom stereocenters. The summed E-state index contributed by atoms with van der Waals surface area (Å²) in [6, 6.07) is 0. The van der Waals surface area contributed by atoms with Crippen LogP contribution in [0, 0.1) is 0 Å². The zero-order valence-electron chi connectivity index (χ0n) is 8.79. The van der Waals surface area contributed by atoms with Gasteiger partial charge in [0.1, 0.15) is 17.7 Å². The Hall–Kier alpha value is -1.66. The summed E-state index contributed by atoms with van der Waals surface area (Å²) in [5, 5.41) is 9.71. The molecule has 1 aliphatic rings. The first-order chi connectivity index (χ1) is 8.15. The van der Waals surface area contributed by atoms with Crippen LogP contribution >= 0.6 is 11.6 Å². The van der Waals surface area contributed by atoms with Crippen molar-refractivity contribution in [2.24, 2.45) is 0 Å². The van der Waals surface area contributed by atoms with Crippen LogP contribution in [0.2, 0.25) is 5.15 Å². The average Bonchev–Trinajstić information content (AvgIpc) is 2.86. The predicted octanol–water partition coefficient (Wildman–Crippen LogP) is 0.598. The zero-order valence-corrected chi connectivity index (χ0v) is 9.54. The molecule has 3 rings (SSSR count). The Labute approximate surface area is 102 Å². The Morgan fingerprint density at radius 3 is 2.94 bits per heavy atom. The first kappa shape index (κ1) is 10.5. The molecule has 7 heteroatoms. The maximum atomic E-state index is 9.43. The number of nitrogens with two attached hydrogens (primary N) is 1. The average molecular weight is 252 g/mol. The van der Waals surface area contributed by atoms with Gasteiger partial charge in [0.15, 0.2) is 10.8 Å². The van der Waals surface area contributed by atoms with E-state index < -0.39 is 6.10 Å². The van der Waals surface area contributed by atoms with E-state index in [1.54, 1.807) is 6.08 Å². The van der Waals surface area contributed by atoms with Crippen molar-refractivity contribution in [2.75, 3.05) is 5.84 Å². The quantitative estimate of drug-likeness (QED) is 0.440. The van der Waals surface area contributed by atoms with E-state index in [-0.39, 0.29) is 11.1 Å². The van der Waals surface area contributed by atoms with Gasteiger partial charge in [0.2, 0.25) is 0 Å². The third-order valence-electron chi connectivity index (χ3n) is 2.80. The lowest BCUT2D eigenvalue weighted by Gasteiger charge is -2.07. The second-order valence-corrected chi connectivity index (χ2v) is 4.35. The summed E-state index contributed by atoms with van der Waals surface area (Å²) >= 11 is 6.05. The smallest absolute Gasteiger partial charge is 0.184 e. The molecule has 0 aromatic carbocycles. The highest BCUT2D eigenvalue weighted by atomic mass is 35.5. The summed E-state index contributed by atoms with van der Waals surface area (Å²) in [6.07, 6.45) is 5.18. The van der Waals surface area contributed by atoms with E-state index in [1.165, 1.54) is 11.0 Å². The molecule has 0 fully saturated rings. The summed E-state index contributed by atoms with van der Waals surface area (Å²) in [6.45, 7) is 0. The number of nitrogen functional groups attached to an aromatic ring is 1. The summed E-state index contributed by atoms with van der Waals surface area (Å²) in [7, 11) is 0. The van der Waals surface area contributed by atoms with Gasteiger partial charge < -0.3 is 10.9 Å². The maximum Gasteiger partial charge on any atom is 0.184 e. The minimum absolute atomic E-state index is 0.0187. The van der Waals surface area contributed by atoms with Gasteiger partial charge in [-0.25, -0.2) is 19.6 Å². The Balaban J connectivity index is 2.10. The molecule has 6 nitrogen and oxygen atoms in total. The van der Waals surface area contributed by atoms with Crippen LogP contribution in [0.4, 0.5) is 0 Å². The van der Waals surface area contributed by atoms with Crippen LogP contribution in [0.15, 0.2) is 18.5 Å². The van der Waals surface area contributed by atoms with Crippen molar-refractivity contribution in [3.05, 3.63) is 29.5 Å². The van der Waals surface area contributed by atoms with Crippen molar-refractivity contribution in [1.82, 2.24) is 19.6 Å². The topological polar surface area (TPSA) is 89.9 Å². The minimum Gasteiger partial charge on any atom is -0.389 e. The van der Waals surface area contributed by atoms with Crippen molar-refractivity contribution < 1.29 is 5.11 Å². The molecule has 3 N–H and O–H groups in total. The molecule has 0 saturated heterocycles. The fourth-order valence-corrected chi connectivity index (χ4v) is 2.22. The van der Waals surface area contributed by atoms with Crippen LogP contribution in [-0.4, -0.2) is 30.8 Å². The molecule has 2 aromatic heterocycles. The minimum atomic E-state index is -0.440. The molecule has 2 heterocycles. The third-order valence-corrected chi connectivity index (χ3v) is 3.06. The Morgan fingerprint density at radius 1 is 1.41 bits per heavy atom. The number of aliphatic hydroxyl groups is 1. The first-order valence-corrected chi connectivity index (χ1v) is 5.55. The van der Waals surface area contributed by atoms with E-state index in [0.717, 1.165) is 0 Å². The second-order valence-electron chi connectivity index (χ2n) is 3.99. The molecule has 0 aliphatic heterocycles. The normalized spacial score (nSPS) is 23.6. The van der Waals surface area contributed by atoms with E-state index in [2.05, 4.69) is 15.0 Å². The SMILES string of the molecule is Nn1cnc2nc([C@H]3C=C[C@@H](O)C3)nc(Cl)c21. The van der Waals surface area contributed by atoms with E-state index in [9.17, 15) is 5.11 Å². The lowest BCUT2D eigenvalue weighted by atomic mass is 10.1. The monoisotopic (exact) mass is 251 g/mol. The van der Waals surface area contributed by atoms with E-state index in [1.807, 2.05) is 6.08 Å². The first-order valence-electron chi connectivity index (χ1n) is 5.17. The molecular formula is C10H10ClN5O. The van der Waals surface area contributed by atoms with Crippen LogP contribution in [0.1, 0.15) is 18.2 Å². The molecular weight excluding hydrogens is 242 g/mol. The van der Waals surface area contributed by atoms with Crippen LogP contribution in [-0.2, 0) is 0 Å². The number of fused-ring (bicyclic) bond motifs is 1. The van der Waals surface area contributed by atoms with Crippen molar-refractivity contribution in [2.45, 2.75) is 18.4 Å². The fraction of sp³-hybridized carbons (Fsp3) is 0.300. The molecule has 0 saturated carbocycles. The maximum absolute atomic E-state index is 9.43. The van der Waals surface area contributed by atoms with Gasteiger partial charge in [-0.1, -0.05) is 23.8 Å². The largest absolute Gasteiger partial charge is 0.389 e.